The summed E-state index contributed by atoms with van der Waals surface area (Å²) in [6.45, 7) is 0.410. The van der Waals surface area contributed by atoms with Crippen LogP contribution in [0.2, 0.25) is 0 Å². The third-order valence-electron chi connectivity index (χ3n) is 4.48. The predicted molar refractivity (Wildman–Crippen MR) is 98.7 cm³/mol. The van der Waals surface area contributed by atoms with Crippen LogP contribution in [0.3, 0.4) is 0 Å². The fourth-order valence-corrected chi connectivity index (χ4v) is 4.22. The van der Waals surface area contributed by atoms with Crippen molar-refractivity contribution in [2.75, 3.05) is 24.8 Å². The number of nitrogens with one attached hydrogen (secondary N) is 1. The number of hydrogen-bond acceptors (Lipinski definition) is 5. The van der Waals surface area contributed by atoms with Gasteiger partial charge in [-0.3, -0.25) is 9.78 Å². The lowest BCUT2D eigenvalue weighted by atomic mass is 10.1. The second-order valence-corrected chi connectivity index (χ2v) is 8.52. The molecule has 0 unspecified atom stereocenters. The minimum atomic E-state index is -3.33. The van der Waals surface area contributed by atoms with Crippen molar-refractivity contribution in [2.24, 2.45) is 5.92 Å². The quantitative estimate of drug-likeness (QED) is 0.718. The minimum absolute atomic E-state index is 0.0431. The number of anilines is 1. The van der Waals surface area contributed by atoms with Crippen molar-refractivity contribution in [1.82, 2.24) is 4.98 Å². The Morgan fingerprint density at radius 1 is 1.27 bits per heavy atom. The molecule has 2 aromatic rings. The van der Waals surface area contributed by atoms with Gasteiger partial charge < -0.3 is 10.1 Å². The molecule has 6 nitrogen and oxygen atoms in total. The van der Waals surface area contributed by atoms with Gasteiger partial charge in [0, 0.05) is 37.7 Å². The van der Waals surface area contributed by atoms with Crippen LogP contribution in [0.1, 0.15) is 24.3 Å². The lowest BCUT2D eigenvalue weighted by Gasteiger charge is -2.08. The third-order valence-corrected chi connectivity index (χ3v) is 6.30. The van der Waals surface area contributed by atoms with Crippen molar-refractivity contribution >= 4 is 21.4 Å². The number of ether oxygens (including phenoxy) is 1. The van der Waals surface area contributed by atoms with E-state index < -0.39 is 9.84 Å². The van der Waals surface area contributed by atoms with Crippen LogP contribution in [0.5, 0.6) is 0 Å². The number of amides is 1. The summed E-state index contributed by atoms with van der Waals surface area (Å²) in [5.74, 6) is 0.150. The number of nitrogens with zero attached hydrogens (tertiary/aromatic N) is 1. The zero-order valence-electron chi connectivity index (χ0n) is 14.6. The molecule has 1 heterocycles. The molecule has 1 N–H and O–H groups in total. The summed E-state index contributed by atoms with van der Waals surface area (Å²) < 4.78 is 29.3. The van der Waals surface area contributed by atoms with Crippen LogP contribution in [0.15, 0.2) is 53.7 Å². The molecule has 3 rings (SSSR count). The zero-order valence-corrected chi connectivity index (χ0v) is 15.4. The van der Waals surface area contributed by atoms with Crippen molar-refractivity contribution in [1.29, 1.82) is 0 Å². The maximum absolute atomic E-state index is 12.4. The molecule has 0 spiro atoms. The van der Waals surface area contributed by atoms with Crippen LogP contribution in [0.4, 0.5) is 5.69 Å². The highest BCUT2D eigenvalue weighted by molar-refractivity contribution is 7.91. The molecule has 0 radical (unpaired) electrons. The number of sulfone groups is 1. The van der Waals surface area contributed by atoms with Gasteiger partial charge in [-0.15, -0.1) is 0 Å². The summed E-state index contributed by atoms with van der Waals surface area (Å²) in [5, 5.41) is 2.86. The molecule has 0 saturated heterocycles. The Labute approximate surface area is 153 Å². The second kappa shape index (κ2) is 7.97. The van der Waals surface area contributed by atoms with Crippen molar-refractivity contribution in [3.05, 3.63) is 54.4 Å². The van der Waals surface area contributed by atoms with Gasteiger partial charge >= 0.3 is 0 Å². The predicted octanol–water partition coefficient (Wildman–Crippen LogP) is 2.63. The molecule has 2 atom stereocenters. The highest BCUT2D eigenvalue weighted by Gasteiger charge is 2.44. The summed E-state index contributed by atoms with van der Waals surface area (Å²) in [6.07, 6.45) is 4.77. The lowest BCUT2D eigenvalue weighted by Crippen LogP contribution is -2.15. The largest absolute Gasteiger partial charge is 0.385 e. The molecular weight excluding hydrogens is 352 g/mol. The summed E-state index contributed by atoms with van der Waals surface area (Å²) >= 11 is 0. The topological polar surface area (TPSA) is 85.4 Å². The Hall–Kier alpha value is -2.25. The van der Waals surface area contributed by atoms with Gasteiger partial charge in [-0.2, -0.15) is 0 Å². The maximum Gasteiger partial charge on any atom is 0.228 e. The van der Waals surface area contributed by atoms with Crippen LogP contribution in [0, 0.1) is 5.92 Å². The fraction of sp³-hybridized carbons (Fsp3) is 0.368. The lowest BCUT2D eigenvalue weighted by molar-refractivity contribution is -0.117. The van der Waals surface area contributed by atoms with Gasteiger partial charge in [-0.25, -0.2) is 8.42 Å². The van der Waals surface area contributed by atoms with Gasteiger partial charge in [0.15, 0.2) is 9.84 Å². The summed E-state index contributed by atoms with van der Waals surface area (Å²) in [4.78, 5) is 16.7. The highest BCUT2D eigenvalue weighted by Crippen LogP contribution is 2.47. The molecule has 1 aromatic carbocycles. The van der Waals surface area contributed by atoms with E-state index in [0.717, 1.165) is 12.0 Å². The number of rotatable bonds is 8. The first-order chi connectivity index (χ1) is 12.5. The Morgan fingerprint density at radius 3 is 2.69 bits per heavy atom. The average Bonchev–Trinajstić information content (AvgIpc) is 3.44. The van der Waals surface area contributed by atoms with Crippen LogP contribution < -0.4 is 5.32 Å². The maximum atomic E-state index is 12.4. The molecule has 1 amide bonds. The van der Waals surface area contributed by atoms with Crippen LogP contribution in [0.25, 0.3) is 0 Å². The van der Waals surface area contributed by atoms with Crippen molar-refractivity contribution in [3.63, 3.8) is 0 Å². The molecule has 1 aliphatic rings. The van der Waals surface area contributed by atoms with Crippen LogP contribution >= 0.6 is 0 Å². The van der Waals surface area contributed by atoms with Crippen molar-refractivity contribution < 1.29 is 17.9 Å². The van der Waals surface area contributed by atoms with E-state index in [1.54, 1.807) is 31.6 Å². The number of hydrogen-bond donors (Lipinski definition) is 1. The van der Waals surface area contributed by atoms with Gasteiger partial charge in [0.2, 0.25) is 5.91 Å². The second-order valence-electron chi connectivity index (χ2n) is 6.41. The minimum Gasteiger partial charge on any atom is -0.385 e. The smallest absolute Gasteiger partial charge is 0.228 e. The molecule has 138 valence electrons. The Balaban J connectivity index is 1.57. The van der Waals surface area contributed by atoms with Gasteiger partial charge in [-0.1, -0.05) is 6.07 Å². The first-order valence-corrected chi connectivity index (χ1v) is 10.2. The Bertz CT molecular complexity index is 851. The van der Waals surface area contributed by atoms with Gasteiger partial charge in [0.1, 0.15) is 0 Å². The number of aromatic nitrogens is 1. The molecule has 26 heavy (non-hydrogen) atoms. The Kier molecular flexibility index (Phi) is 5.68. The van der Waals surface area contributed by atoms with Gasteiger partial charge in [0.25, 0.3) is 0 Å². The van der Waals surface area contributed by atoms with Gasteiger partial charge in [-0.05, 0) is 54.7 Å². The van der Waals surface area contributed by atoms with Crippen molar-refractivity contribution in [3.8, 4) is 0 Å². The molecule has 1 aliphatic carbocycles. The highest BCUT2D eigenvalue weighted by atomic mass is 32.2. The van der Waals surface area contributed by atoms with E-state index in [9.17, 15) is 13.2 Å². The van der Waals surface area contributed by atoms with E-state index in [4.69, 9.17) is 4.74 Å². The van der Waals surface area contributed by atoms with Crippen LogP contribution in [-0.4, -0.2) is 38.8 Å². The summed E-state index contributed by atoms with van der Waals surface area (Å²) in [5.41, 5.74) is 1.67. The van der Waals surface area contributed by atoms with E-state index in [0.29, 0.717) is 18.7 Å². The van der Waals surface area contributed by atoms with E-state index in [1.165, 1.54) is 12.1 Å². The van der Waals surface area contributed by atoms with E-state index >= 15 is 0 Å². The standard InChI is InChI=1S/C19H22N2O4S/c1-25-10-3-11-26(23,24)16-7-5-15(6-8-16)21-19(22)18-12-17(18)14-4-2-9-20-13-14/h2,4-9,13,17-18H,3,10-12H2,1H3,(H,21,22)/t17-,18-/m0/s1. The van der Waals surface area contributed by atoms with Crippen molar-refractivity contribution in [2.45, 2.75) is 23.7 Å². The molecule has 7 heteroatoms. The Morgan fingerprint density at radius 2 is 2.04 bits per heavy atom. The SMILES string of the molecule is COCCCS(=O)(=O)c1ccc(NC(=O)[C@H]2C[C@H]2c2cccnc2)cc1. The van der Waals surface area contributed by atoms with Gasteiger partial charge in [0.05, 0.1) is 10.6 Å². The molecule has 1 fully saturated rings. The number of pyridine rings is 1. The molecule has 1 aromatic heterocycles. The summed E-state index contributed by atoms with van der Waals surface area (Å²) in [6, 6.07) is 10.2. The number of benzene rings is 1. The summed E-state index contributed by atoms with van der Waals surface area (Å²) in [7, 11) is -1.78. The molecule has 0 bridgehead atoms. The number of carbonyl (C=O) groups excluding carboxylic acids is 1. The zero-order chi connectivity index (χ0) is 18.6. The van der Waals surface area contributed by atoms with E-state index in [2.05, 4.69) is 10.3 Å². The first-order valence-electron chi connectivity index (χ1n) is 8.54. The van der Waals surface area contributed by atoms with E-state index in [1.807, 2.05) is 12.1 Å². The average molecular weight is 374 g/mol. The third kappa shape index (κ3) is 4.47. The number of methoxy groups -OCH3 is 1. The molecule has 1 saturated carbocycles. The van der Waals surface area contributed by atoms with Crippen LogP contribution in [-0.2, 0) is 19.4 Å². The fourth-order valence-electron chi connectivity index (χ4n) is 2.94. The number of carbonyl (C=O) groups is 1. The molecule has 0 aliphatic heterocycles. The normalized spacial score (nSPS) is 19.1. The monoisotopic (exact) mass is 374 g/mol. The van der Waals surface area contributed by atoms with E-state index in [-0.39, 0.29) is 28.4 Å². The first kappa shape index (κ1) is 18.5. The molecular formula is C19H22N2O4S.